The molecule has 0 fully saturated rings. The summed E-state index contributed by atoms with van der Waals surface area (Å²) < 4.78 is 0. The summed E-state index contributed by atoms with van der Waals surface area (Å²) in [6, 6.07) is 17.8. The van der Waals surface area contributed by atoms with Crippen LogP contribution < -0.4 is 10.9 Å². The summed E-state index contributed by atoms with van der Waals surface area (Å²) in [5, 5.41) is 3.98. The zero-order chi connectivity index (χ0) is 19.4. The molecule has 1 atom stereocenters. The van der Waals surface area contributed by atoms with Gasteiger partial charge in [0.15, 0.2) is 0 Å². The highest BCUT2D eigenvalue weighted by atomic mass is 16.1. The van der Waals surface area contributed by atoms with Gasteiger partial charge in [0, 0.05) is 17.6 Å². The average Bonchev–Trinajstić information content (AvgIpc) is 2.64. The lowest BCUT2D eigenvalue weighted by Crippen LogP contribution is -2.35. The highest BCUT2D eigenvalue weighted by Gasteiger charge is 2.15. The van der Waals surface area contributed by atoms with E-state index in [0.717, 1.165) is 16.5 Å². The van der Waals surface area contributed by atoms with Crippen molar-refractivity contribution in [2.24, 2.45) is 0 Å². The lowest BCUT2D eigenvalue weighted by atomic mass is 10.1. The standard InChI is InChI=1S/C22H25N3O2/c1-15-11-18-12-16(9-10-19(18)24-22(15)27)13-21(26)23-14-20(25(2)3)17-7-5-4-6-8-17/h4-12,20H,13-14H2,1-3H3,(H,23,26)(H,24,27). The second-order valence-electron chi connectivity index (χ2n) is 7.07. The van der Waals surface area contributed by atoms with Crippen LogP contribution in [0.5, 0.6) is 0 Å². The van der Waals surface area contributed by atoms with Crippen molar-refractivity contribution in [1.82, 2.24) is 15.2 Å². The van der Waals surface area contributed by atoms with Crippen LogP contribution in [0.2, 0.25) is 0 Å². The third kappa shape index (κ3) is 4.63. The molecule has 0 aliphatic heterocycles. The molecule has 1 amide bonds. The van der Waals surface area contributed by atoms with Crippen molar-refractivity contribution in [3.05, 3.63) is 81.6 Å². The lowest BCUT2D eigenvalue weighted by Gasteiger charge is -2.25. The topological polar surface area (TPSA) is 65.2 Å². The number of hydrogen-bond donors (Lipinski definition) is 2. The monoisotopic (exact) mass is 363 g/mol. The SMILES string of the molecule is Cc1cc2cc(CC(=O)NCC(c3ccccc3)N(C)C)ccc2[nH]c1=O. The molecule has 1 heterocycles. The van der Waals surface area contributed by atoms with Gasteiger partial charge in [-0.2, -0.15) is 0 Å². The Balaban J connectivity index is 1.67. The van der Waals surface area contributed by atoms with E-state index in [-0.39, 0.29) is 17.5 Å². The third-order valence-electron chi connectivity index (χ3n) is 4.76. The van der Waals surface area contributed by atoms with Crippen molar-refractivity contribution >= 4 is 16.8 Å². The quantitative estimate of drug-likeness (QED) is 0.708. The summed E-state index contributed by atoms with van der Waals surface area (Å²) in [6.07, 6.45) is 0.309. The Bertz CT molecular complexity index is 993. The Labute approximate surface area is 159 Å². The molecule has 0 spiro atoms. The predicted molar refractivity (Wildman–Crippen MR) is 109 cm³/mol. The molecular weight excluding hydrogens is 338 g/mol. The highest BCUT2D eigenvalue weighted by molar-refractivity contribution is 5.83. The van der Waals surface area contributed by atoms with Crippen LogP contribution in [0, 0.1) is 6.92 Å². The second-order valence-corrected chi connectivity index (χ2v) is 7.07. The Morgan fingerprint density at radius 2 is 1.85 bits per heavy atom. The number of amides is 1. The van der Waals surface area contributed by atoms with E-state index in [1.165, 1.54) is 5.56 Å². The first kappa shape index (κ1) is 18.9. The number of benzene rings is 2. The number of carbonyl (C=O) groups excluding carboxylic acids is 1. The van der Waals surface area contributed by atoms with Gasteiger partial charge in [0.2, 0.25) is 5.91 Å². The summed E-state index contributed by atoms with van der Waals surface area (Å²) in [5.74, 6) is -0.0155. The van der Waals surface area contributed by atoms with Crippen LogP contribution in [0.1, 0.15) is 22.7 Å². The number of rotatable bonds is 6. The van der Waals surface area contributed by atoms with Crippen LogP contribution in [0.4, 0.5) is 0 Å². The molecule has 0 aliphatic rings. The number of nitrogens with one attached hydrogen (secondary N) is 2. The summed E-state index contributed by atoms with van der Waals surface area (Å²) in [7, 11) is 4.02. The fourth-order valence-corrected chi connectivity index (χ4v) is 3.21. The predicted octanol–water partition coefficient (Wildman–Crippen LogP) is 2.80. The van der Waals surface area contributed by atoms with Crippen molar-refractivity contribution < 1.29 is 4.79 Å². The normalized spacial score (nSPS) is 12.3. The van der Waals surface area contributed by atoms with Crippen LogP contribution >= 0.6 is 0 Å². The molecule has 27 heavy (non-hydrogen) atoms. The average molecular weight is 363 g/mol. The number of pyridine rings is 1. The molecule has 3 aromatic rings. The number of nitrogens with zero attached hydrogens (tertiary/aromatic N) is 1. The van der Waals surface area contributed by atoms with E-state index in [1.807, 2.05) is 56.6 Å². The molecule has 0 aliphatic carbocycles. The zero-order valence-electron chi connectivity index (χ0n) is 16.0. The zero-order valence-corrected chi connectivity index (χ0v) is 16.0. The summed E-state index contributed by atoms with van der Waals surface area (Å²) >= 11 is 0. The molecule has 0 saturated carbocycles. The number of likely N-dealkylation sites (N-methyl/N-ethyl adjacent to an activating group) is 1. The number of aromatic nitrogens is 1. The maximum Gasteiger partial charge on any atom is 0.251 e. The minimum atomic E-state index is -0.0800. The van der Waals surface area contributed by atoms with Crippen LogP contribution in [0.25, 0.3) is 10.9 Å². The van der Waals surface area contributed by atoms with Crippen molar-refractivity contribution in [2.45, 2.75) is 19.4 Å². The summed E-state index contributed by atoms with van der Waals surface area (Å²) in [4.78, 5) is 29.1. The van der Waals surface area contributed by atoms with Crippen LogP contribution in [0.3, 0.4) is 0 Å². The van der Waals surface area contributed by atoms with Gasteiger partial charge < -0.3 is 15.2 Å². The second kappa shape index (κ2) is 8.18. The first-order valence-electron chi connectivity index (χ1n) is 9.04. The van der Waals surface area contributed by atoms with E-state index in [1.54, 1.807) is 6.92 Å². The van der Waals surface area contributed by atoms with Crippen LogP contribution in [0.15, 0.2) is 59.4 Å². The Hall–Kier alpha value is -2.92. The molecule has 1 unspecified atom stereocenters. The van der Waals surface area contributed by atoms with Crippen LogP contribution in [-0.2, 0) is 11.2 Å². The van der Waals surface area contributed by atoms with E-state index in [4.69, 9.17) is 0 Å². The smallest absolute Gasteiger partial charge is 0.251 e. The number of carbonyl (C=O) groups is 1. The van der Waals surface area contributed by atoms with Crippen LogP contribution in [-0.4, -0.2) is 36.4 Å². The minimum Gasteiger partial charge on any atom is -0.354 e. The van der Waals surface area contributed by atoms with Gasteiger partial charge in [-0.3, -0.25) is 9.59 Å². The maximum atomic E-state index is 12.4. The van der Waals surface area contributed by atoms with Gasteiger partial charge in [0.05, 0.1) is 12.5 Å². The molecule has 2 aromatic carbocycles. The number of aryl methyl sites for hydroxylation is 1. The number of aromatic amines is 1. The highest BCUT2D eigenvalue weighted by Crippen LogP contribution is 2.17. The first-order valence-corrected chi connectivity index (χ1v) is 9.04. The Kier molecular flexibility index (Phi) is 5.72. The van der Waals surface area contributed by atoms with Crippen molar-refractivity contribution in [1.29, 1.82) is 0 Å². The molecule has 5 nitrogen and oxygen atoms in total. The van der Waals surface area contributed by atoms with E-state index in [9.17, 15) is 9.59 Å². The number of hydrogen-bond acceptors (Lipinski definition) is 3. The maximum absolute atomic E-state index is 12.4. The van der Waals surface area contributed by atoms with Gasteiger partial charge in [-0.25, -0.2) is 0 Å². The van der Waals surface area contributed by atoms with E-state index in [2.05, 4.69) is 27.3 Å². The van der Waals surface area contributed by atoms with Gasteiger partial charge in [0.25, 0.3) is 5.56 Å². The summed E-state index contributed by atoms with van der Waals surface area (Å²) in [5.41, 5.74) is 3.47. The summed E-state index contributed by atoms with van der Waals surface area (Å²) in [6.45, 7) is 2.33. The van der Waals surface area contributed by atoms with Gasteiger partial charge in [-0.15, -0.1) is 0 Å². The van der Waals surface area contributed by atoms with E-state index >= 15 is 0 Å². The fraction of sp³-hybridized carbons (Fsp3) is 0.273. The molecule has 1 aromatic heterocycles. The van der Waals surface area contributed by atoms with Crippen molar-refractivity contribution in [3.63, 3.8) is 0 Å². The van der Waals surface area contributed by atoms with Crippen molar-refractivity contribution in [2.75, 3.05) is 20.6 Å². The molecule has 140 valence electrons. The molecule has 5 heteroatoms. The first-order chi connectivity index (χ1) is 12.9. The van der Waals surface area contributed by atoms with Gasteiger partial charge >= 0.3 is 0 Å². The van der Waals surface area contributed by atoms with Gasteiger partial charge in [0.1, 0.15) is 0 Å². The minimum absolute atomic E-state index is 0.0155. The van der Waals surface area contributed by atoms with Crippen molar-refractivity contribution in [3.8, 4) is 0 Å². The molecular formula is C22H25N3O2. The molecule has 3 rings (SSSR count). The fourth-order valence-electron chi connectivity index (χ4n) is 3.21. The number of fused-ring (bicyclic) bond motifs is 1. The molecule has 2 N–H and O–H groups in total. The molecule has 0 saturated heterocycles. The molecule has 0 bridgehead atoms. The molecule has 0 radical (unpaired) electrons. The lowest BCUT2D eigenvalue weighted by molar-refractivity contribution is -0.120. The Morgan fingerprint density at radius 3 is 2.56 bits per heavy atom. The Morgan fingerprint density at radius 1 is 1.11 bits per heavy atom. The largest absolute Gasteiger partial charge is 0.354 e. The van der Waals surface area contributed by atoms with E-state index < -0.39 is 0 Å². The van der Waals surface area contributed by atoms with Gasteiger partial charge in [-0.05, 0) is 55.7 Å². The number of H-pyrrole nitrogens is 1. The third-order valence-corrected chi connectivity index (χ3v) is 4.76. The van der Waals surface area contributed by atoms with Gasteiger partial charge in [-0.1, -0.05) is 36.4 Å². The van der Waals surface area contributed by atoms with E-state index in [0.29, 0.717) is 18.5 Å².